The standard InChI is InChI=1S/C10H11NO2S/c1-7-3-2-4-8(5-7)9-6-10(12)11-14(9)13/h2-5,9H,6H2,1H3,(H,11,12). The van der Waals surface area contributed by atoms with E-state index in [0.29, 0.717) is 6.42 Å². The van der Waals surface area contributed by atoms with Gasteiger partial charge in [0.2, 0.25) is 5.91 Å². The van der Waals surface area contributed by atoms with Crippen molar-refractivity contribution < 1.29 is 9.00 Å². The van der Waals surface area contributed by atoms with Gasteiger partial charge in [0.1, 0.15) is 11.0 Å². The van der Waals surface area contributed by atoms with Gasteiger partial charge in [0.25, 0.3) is 0 Å². The largest absolute Gasteiger partial charge is 0.275 e. The van der Waals surface area contributed by atoms with Gasteiger partial charge in [-0.05, 0) is 12.5 Å². The lowest BCUT2D eigenvalue weighted by Gasteiger charge is -2.06. The van der Waals surface area contributed by atoms with Gasteiger partial charge in [-0.15, -0.1) is 0 Å². The molecule has 2 rings (SSSR count). The summed E-state index contributed by atoms with van der Waals surface area (Å²) >= 11 is 0. The summed E-state index contributed by atoms with van der Waals surface area (Å²) in [5, 5.41) is -0.178. The molecule has 0 aromatic heterocycles. The van der Waals surface area contributed by atoms with E-state index in [1.54, 1.807) is 0 Å². The van der Waals surface area contributed by atoms with E-state index in [0.717, 1.165) is 11.1 Å². The fourth-order valence-corrected chi connectivity index (χ4v) is 2.73. The van der Waals surface area contributed by atoms with Crippen molar-refractivity contribution in [1.29, 1.82) is 0 Å². The molecular formula is C10H11NO2S. The van der Waals surface area contributed by atoms with E-state index < -0.39 is 11.0 Å². The van der Waals surface area contributed by atoms with Crippen LogP contribution in [0.2, 0.25) is 0 Å². The smallest absolute Gasteiger partial charge is 0.233 e. The summed E-state index contributed by atoms with van der Waals surface area (Å²) in [5.41, 5.74) is 2.10. The normalized spacial score (nSPS) is 26.2. The summed E-state index contributed by atoms with van der Waals surface area (Å²) in [6.07, 6.45) is 0.329. The first-order valence-corrected chi connectivity index (χ1v) is 5.65. The Labute approximate surface area is 85.1 Å². The quantitative estimate of drug-likeness (QED) is 0.756. The van der Waals surface area contributed by atoms with Gasteiger partial charge in [0.15, 0.2) is 0 Å². The van der Waals surface area contributed by atoms with E-state index in [2.05, 4.69) is 4.72 Å². The molecule has 1 aliphatic heterocycles. The number of hydrogen-bond acceptors (Lipinski definition) is 2. The minimum atomic E-state index is -1.25. The molecule has 1 aliphatic rings. The molecule has 3 nitrogen and oxygen atoms in total. The van der Waals surface area contributed by atoms with Gasteiger partial charge in [-0.3, -0.25) is 9.52 Å². The number of hydrogen-bond donors (Lipinski definition) is 1. The molecule has 1 saturated heterocycles. The van der Waals surface area contributed by atoms with Crippen LogP contribution in [0.1, 0.15) is 22.8 Å². The minimum Gasteiger partial charge on any atom is -0.275 e. The molecule has 1 N–H and O–H groups in total. The molecule has 4 heteroatoms. The molecule has 1 heterocycles. The Kier molecular flexibility index (Phi) is 2.37. The zero-order valence-corrected chi connectivity index (χ0v) is 8.64. The predicted octanol–water partition coefficient (Wildman–Crippen LogP) is 1.22. The summed E-state index contributed by atoms with van der Waals surface area (Å²) in [7, 11) is -1.25. The molecule has 1 aromatic rings. The molecule has 0 aliphatic carbocycles. The number of carbonyl (C=O) groups is 1. The molecular weight excluding hydrogens is 198 g/mol. The zero-order valence-electron chi connectivity index (χ0n) is 7.82. The Morgan fingerprint density at radius 3 is 2.86 bits per heavy atom. The van der Waals surface area contributed by atoms with Gasteiger partial charge < -0.3 is 0 Å². The first kappa shape index (κ1) is 9.40. The van der Waals surface area contributed by atoms with Crippen LogP contribution in [-0.2, 0) is 15.8 Å². The van der Waals surface area contributed by atoms with Crippen LogP contribution in [-0.4, -0.2) is 10.1 Å². The van der Waals surface area contributed by atoms with Crippen molar-refractivity contribution in [3.8, 4) is 0 Å². The Morgan fingerprint density at radius 1 is 1.50 bits per heavy atom. The summed E-state index contributed by atoms with van der Waals surface area (Å²) < 4.78 is 13.9. The third-order valence-electron chi connectivity index (χ3n) is 2.26. The van der Waals surface area contributed by atoms with Gasteiger partial charge in [0, 0.05) is 6.42 Å². The van der Waals surface area contributed by atoms with Crippen LogP contribution in [0, 0.1) is 6.92 Å². The van der Waals surface area contributed by atoms with Crippen LogP contribution in [0.25, 0.3) is 0 Å². The van der Waals surface area contributed by atoms with Gasteiger partial charge in [0.05, 0.1) is 5.25 Å². The second kappa shape index (κ2) is 3.53. The number of benzene rings is 1. The second-order valence-electron chi connectivity index (χ2n) is 3.43. The van der Waals surface area contributed by atoms with Crippen molar-refractivity contribution in [3.63, 3.8) is 0 Å². The first-order chi connectivity index (χ1) is 6.66. The summed E-state index contributed by atoms with van der Waals surface area (Å²) in [6.45, 7) is 1.98. The van der Waals surface area contributed by atoms with E-state index in [1.807, 2.05) is 31.2 Å². The highest BCUT2D eigenvalue weighted by Gasteiger charge is 2.30. The molecule has 0 radical (unpaired) electrons. The average molecular weight is 209 g/mol. The molecule has 2 atom stereocenters. The first-order valence-electron chi connectivity index (χ1n) is 4.43. The monoisotopic (exact) mass is 209 g/mol. The van der Waals surface area contributed by atoms with Gasteiger partial charge in [-0.1, -0.05) is 29.8 Å². The number of rotatable bonds is 1. The van der Waals surface area contributed by atoms with E-state index in [4.69, 9.17) is 0 Å². The molecule has 0 bridgehead atoms. The van der Waals surface area contributed by atoms with Crippen molar-refractivity contribution in [3.05, 3.63) is 35.4 Å². The fourth-order valence-electron chi connectivity index (χ4n) is 1.58. The van der Waals surface area contributed by atoms with Crippen LogP contribution >= 0.6 is 0 Å². The Hall–Kier alpha value is -1.16. The van der Waals surface area contributed by atoms with Crippen molar-refractivity contribution in [2.24, 2.45) is 0 Å². The number of nitrogens with one attached hydrogen (secondary N) is 1. The van der Waals surface area contributed by atoms with Crippen LogP contribution in [0.4, 0.5) is 0 Å². The van der Waals surface area contributed by atoms with E-state index in [-0.39, 0.29) is 11.2 Å². The molecule has 1 fully saturated rings. The predicted molar refractivity (Wildman–Crippen MR) is 54.8 cm³/mol. The van der Waals surface area contributed by atoms with E-state index >= 15 is 0 Å². The average Bonchev–Trinajstić information content (AvgIpc) is 2.45. The summed E-state index contributed by atoms with van der Waals surface area (Å²) in [6, 6.07) is 7.79. The highest BCUT2D eigenvalue weighted by Crippen LogP contribution is 2.27. The second-order valence-corrected chi connectivity index (χ2v) is 4.80. The third kappa shape index (κ3) is 1.70. The van der Waals surface area contributed by atoms with Crippen LogP contribution in [0.15, 0.2) is 24.3 Å². The fraction of sp³-hybridized carbons (Fsp3) is 0.300. The van der Waals surface area contributed by atoms with E-state index in [9.17, 15) is 9.00 Å². The maximum atomic E-state index is 11.5. The van der Waals surface area contributed by atoms with Crippen molar-refractivity contribution in [2.45, 2.75) is 18.6 Å². The van der Waals surface area contributed by atoms with Crippen LogP contribution in [0.5, 0.6) is 0 Å². The molecule has 1 aromatic carbocycles. The maximum Gasteiger partial charge on any atom is 0.233 e. The Balaban J connectivity index is 2.31. The topological polar surface area (TPSA) is 46.2 Å². The summed E-state index contributed by atoms with van der Waals surface area (Å²) in [4.78, 5) is 11.0. The lowest BCUT2D eigenvalue weighted by molar-refractivity contribution is -0.118. The Bertz CT molecular complexity index is 403. The number of carbonyl (C=O) groups excluding carboxylic acids is 1. The molecule has 0 saturated carbocycles. The Morgan fingerprint density at radius 2 is 2.29 bits per heavy atom. The highest BCUT2D eigenvalue weighted by atomic mass is 32.2. The number of amides is 1. The minimum absolute atomic E-state index is 0.130. The maximum absolute atomic E-state index is 11.5. The van der Waals surface area contributed by atoms with Crippen molar-refractivity contribution in [1.82, 2.24) is 4.72 Å². The summed E-state index contributed by atoms with van der Waals surface area (Å²) in [5.74, 6) is -0.130. The molecule has 74 valence electrons. The van der Waals surface area contributed by atoms with Crippen LogP contribution in [0.3, 0.4) is 0 Å². The van der Waals surface area contributed by atoms with Crippen molar-refractivity contribution >= 4 is 16.9 Å². The van der Waals surface area contributed by atoms with Gasteiger partial charge >= 0.3 is 0 Å². The number of aryl methyl sites for hydroxylation is 1. The molecule has 1 amide bonds. The zero-order chi connectivity index (χ0) is 10.1. The molecule has 2 unspecified atom stereocenters. The van der Waals surface area contributed by atoms with E-state index in [1.165, 1.54) is 0 Å². The van der Waals surface area contributed by atoms with Crippen LogP contribution < -0.4 is 4.72 Å². The third-order valence-corrected chi connectivity index (χ3v) is 3.64. The van der Waals surface area contributed by atoms with Gasteiger partial charge in [-0.25, -0.2) is 4.21 Å². The van der Waals surface area contributed by atoms with Crippen molar-refractivity contribution in [2.75, 3.05) is 0 Å². The lowest BCUT2D eigenvalue weighted by atomic mass is 10.1. The molecule has 0 spiro atoms. The van der Waals surface area contributed by atoms with Gasteiger partial charge in [-0.2, -0.15) is 0 Å². The lowest BCUT2D eigenvalue weighted by Crippen LogP contribution is -2.15. The molecule has 14 heavy (non-hydrogen) atoms. The highest BCUT2D eigenvalue weighted by molar-refractivity contribution is 7.84. The SMILES string of the molecule is Cc1cccc(C2CC(=O)NS2=O)c1.